The monoisotopic (exact) mass is 272 g/mol. The Hall–Kier alpha value is -1.81. The second-order valence-electron chi connectivity index (χ2n) is 5.23. The van der Waals surface area contributed by atoms with Gasteiger partial charge in [-0.15, -0.1) is 0 Å². The number of hydrogen-bond acceptors (Lipinski definition) is 4. The van der Waals surface area contributed by atoms with Gasteiger partial charge in [0.15, 0.2) is 0 Å². The molecule has 4 nitrogen and oxygen atoms in total. The fourth-order valence-electron chi connectivity index (χ4n) is 2.79. The Morgan fingerprint density at radius 2 is 2.05 bits per heavy atom. The first-order chi connectivity index (χ1) is 9.78. The molecule has 0 spiro atoms. The lowest BCUT2D eigenvalue weighted by atomic mass is 10.1. The number of aromatic nitrogens is 1. The molecule has 0 unspecified atom stereocenters. The van der Waals surface area contributed by atoms with Gasteiger partial charge in [0.2, 0.25) is 0 Å². The summed E-state index contributed by atoms with van der Waals surface area (Å²) in [7, 11) is 0. The van der Waals surface area contributed by atoms with E-state index in [0.29, 0.717) is 6.61 Å². The SMILES string of the molecule is Cc1cc(N2CCCC2)c2ccc(OCCO)cc2n1. The maximum absolute atomic E-state index is 8.83. The van der Waals surface area contributed by atoms with Crippen LogP contribution in [-0.4, -0.2) is 36.4 Å². The van der Waals surface area contributed by atoms with Crippen molar-refractivity contribution in [3.63, 3.8) is 0 Å². The van der Waals surface area contributed by atoms with Crippen LogP contribution in [0.5, 0.6) is 5.75 Å². The molecule has 2 aromatic rings. The number of fused-ring (bicyclic) bond motifs is 1. The molecule has 0 bridgehead atoms. The number of hydrogen-bond donors (Lipinski definition) is 1. The zero-order chi connectivity index (χ0) is 13.9. The van der Waals surface area contributed by atoms with Crippen LogP contribution in [0.4, 0.5) is 5.69 Å². The molecule has 20 heavy (non-hydrogen) atoms. The standard InChI is InChI=1S/C16H20N2O2/c1-12-10-16(18-6-2-3-7-18)14-5-4-13(20-9-8-19)11-15(14)17-12/h4-5,10-11,19H,2-3,6-9H2,1H3. The van der Waals surface area contributed by atoms with E-state index in [2.05, 4.69) is 22.0 Å². The van der Waals surface area contributed by atoms with Crippen LogP contribution < -0.4 is 9.64 Å². The van der Waals surface area contributed by atoms with Crippen LogP contribution in [0.25, 0.3) is 10.9 Å². The van der Waals surface area contributed by atoms with Crippen molar-refractivity contribution in [3.05, 3.63) is 30.0 Å². The topological polar surface area (TPSA) is 45.6 Å². The van der Waals surface area contributed by atoms with E-state index in [-0.39, 0.29) is 6.61 Å². The third-order valence-corrected chi connectivity index (χ3v) is 3.69. The quantitative estimate of drug-likeness (QED) is 0.929. The lowest BCUT2D eigenvalue weighted by Gasteiger charge is -2.20. The predicted molar refractivity (Wildman–Crippen MR) is 80.5 cm³/mol. The minimum absolute atomic E-state index is 0.0261. The van der Waals surface area contributed by atoms with Gasteiger partial charge in [0.25, 0.3) is 0 Å². The van der Waals surface area contributed by atoms with E-state index in [1.165, 1.54) is 23.9 Å². The van der Waals surface area contributed by atoms with Gasteiger partial charge in [-0.05, 0) is 38.0 Å². The maximum atomic E-state index is 8.83. The van der Waals surface area contributed by atoms with Crippen molar-refractivity contribution in [2.75, 3.05) is 31.2 Å². The Kier molecular flexibility index (Phi) is 3.74. The van der Waals surface area contributed by atoms with Crippen LogP contribution in [0, 0.1) is 6.92 Å². The van der Waals surface area contributed by atoms with Crippen molar-refractivity contribution < 1.29 is 9.84 Å². The molecule has 1 aromatic heterocycles. The highest BCUT2D eigenvalue weighted by atomic mass is 16.5. The molecule has 1 aliphatic rings. The lowest BCUT2D eigenvalue weighted by Crippen LogP contribution is -2.18. The Bertz CT molecular complexity index is 607. The van der Waals surface area contributed by atoms with Crippen LogP contribution in [0.3, 0.4) is 0 Å². The summed E-state index contributed by atoms with van der Waals surface area (Å²) >= 11 is 0. The van der Waals surface area contributed by atoms with Gasteiger partial charge >= 0.3 is 0 Å². The molecule has 106 valence electrons. The summed E-state index contributed by atoms with van der Waals surface area (Å²) in [5.74, 6) is 0.761. The number of benzene rings is 1. The number of anilines is 1. The molecular formula is C16H20N2O2. The molecule has 0 saturated carbocycles. The van der Waals surface area contributed by atoms with E-state index in [9.17, 15) is 0 Å². The van der Waals surface area contributed by atoms with E-state index < -0.39 is 0 Å². The van der Waals surface area contributed by atoms with Crippen LogP contribution >= 0.6 is 0 Å². The summed E-state index contributed by atoms with van der Waals surface area (Å²) in [6, 6.07) is 8.15. The molecule has 3 rings (SSSR count). The van der Waals surface area contributed by atoms with Crippen LogP contribution in [0.15, 0.2) is 24.3 Å². The number of aliphatic hydroxyl groups is 1. The van der Waals surface area contributed by atoms with Gasteiger partial charge in [-0.25, -0.2) is 0 Å². The Morgan fingerprint density at radius 1 is 1.25 bits per heavy atom. The van der Waals surface area contributed by atoms with Gasteiger partial charge < -0.3 is 14.7 Å². The molecule has 1 aromatic carbocycles. The van der Waals surface area contributed by atoms with E-state index in [4.69, 9.17) is 9.84 Å². The maximum Gasteiger partial charge on any atom is 0.121 e. The minimum atomic E-state index is 0.0261. The predicted octanol–water partition coefficient (Wildman–Crippen LogP) is 2.51. The number of pyridine rings is 1. The van der Waals surface area contributed by atoms with Gasteiger partial charge in [-0.2, -0.15) is 0 Å². The Labute approximate surface area is 119 Å². The average molecular weight is 272 g/mol. The summed E-state index contributed by atoms with van der Waals surface area (Å²) in [6.45, 7) is 4.62. The molecule has 1 saturated heterocycles. The zero-order valence-electron chi connectivity index (χ0n) is 11.8. The summed E-state index contributed by atoms with van der Waals surface area (Å²) in [5, 5.41) is 10.0. The summed E-state index contributed by atoms with van der Waals surface area (Å²) in [4.78, 5) is 7.04. The first-order valence-electron chi connectivity index (χ1n) is 7.18. The Morgan fingerprint density at radius 3 is 2.80 bits per heavy atom. The molecule has 1 fully saturated rings. The summed E-state index contributed by atoms with van der Waals surface area (Å²) in [6.07, 6.45) is 2.53. The molecule has 0 amide bonds. The number of rotatable bonds is 4. The fourth-order valence-corrected chi connectivity index (χ4v) is 2.79. The molecule has 4 heteroatoms. The second-order valence-corrected chi connectivity index (χ2v) is 5.23. The van der Waals surface area contributed by atoms with Crippen molar-refractivity contribution in [2.45, 2.75) is 19.8 Å². The van der Waals surface area contributed by atoms with Crippen molar-refractivity contribution in [1.29, 1.82) is 0 Å². The molecule has 0 radical (unpaired) electrons. The van der Waals surface area contributed by atoms with Crippen LogP contribution in [0.1, 0.15) is 18.5 Å². The molecule has 1 aliphatic heterocycles. The summed E-state index contributed by atoms with van der Waals surface area (Å²) in [5.41, 5.74) is 3.26. The normalized spacial score (nSPS) is 15.0. The van der Waals surface area contributed by atoms with Crippen molar-refractivity contribution in [1.82, 2.24) is 4.98 Å². The van der Waals surface area contributed by atoms with Crippen molar-refractivity contribution >= 4 is 16.6 Å². The van der Waals surface area contributed by atoms with Gasteiger partial charge in [-0.1, -0.05) is 0 Å². The minimum Gasteiger partial charge on any atom is -0.491 e. The van der Waals surface area contributed by atoms with E-state index >= 15 is 0 Å². The molecule has 0 aliphatic carbocycles. The van der Waals surface area contributed by atoms with E-state index in [0.717, 1.165) is 30.0 Å². The molecular weight excluding hydrogens is 252 g/mol. The van der Waals surface area contributed by atoms with Gasteiger partial charge in [0.05, 0.1) is 12.1 Å². The van der Waals surface area contributed by atoms with Gasteiger partial charge in [-0.3, -0.25) is 4.98 Å². The first kappa shape index (κ1) is 13.2. The van der Waals surface area contributed by atoms with Crippen LogP contribution in [0.2, 0.25) is 0 Å². The molecule has 2 heterocycles. The smallest absolute Gasteiger partial charge is 0.121 e. The zero-order valence-corrected chi connectivity index (χ0v) is 11.8. The molecule has 1 N–H and O–H groups in total. The van der Waals surface area contributed by atoms with Gasteiger partial charge in [0, 0.05) is 35.9 Å². The van der Waals surface area contributed by atoms with E-state index in [1.54, 1.807) is 0 Å². The number of aryl methyl sites for hydroxylation is 1. The fraction of sp³-hybridized carbons (Fsp3) is 0.438. The van der Waals surface area contributed by atoms with E-state index in [1.807, 2.05) is 19.1 Å². The van der Waals surface area contributed by atoms with Crippen molar-refractivity contribution in [2.24, 2.45) is 0 Å². The van der Waals surface area contributed by atoms with Crippen LogP contribution in [-0.2, 0) is 0 Å². The first-order valence-corrected chi connectivity index (χ1v) is 7.18. The average Bonchev–Trinajstić information content (AvgIpc) is 2.97. The Balaban J connectivity index is 2.02. The number of aliphatic hydroxyl groups excluding tert-OH is 1. The second kappa shape index (κ2) is 5.67. The lowest BCUT2D eigenvalue weighted by molar-refractivity contribution is 0.201. The highest BCUT2D eigenvalue weighted by Crippen LogP contribution is 2.31. The van der Waals surface area contributed by atoms with Crippen molar-refractivity contribution in [3.8, 4) is 5.75 Å². The third-order valence-electron chi connectivity index (χ3n) is 3.69. The highest BCUT2D eigenvalue weighted by molar-refractivity contribution is 5.93. The highest BCUT2D eigenvalue weighted by Gasteiger charge is 2.16. The number of ether oxygens (including phenoxy) is 1. The van der Waals surface area contributed by atoms with Gasteiger partial charge in [0.1, 0.15) is 12.4 Å². The molecule has 0 atom stereocenters. The summed E-state index contributed by atoms with van der Waals surface area (Å²) < 4.78 is 5.46. The third kappa shape index (κ3) is 2.56. The largest absolute Gasteiger partial charge is 0.491 e. The number of nitrogens with zero attached hydrogens (tertiary/aromatic N) is 2.